The van der Waals surface area contributed by atoms with Gasteiger partial charge in [-0.15, -0.1) is 0 Å². The predicted octanol–water partition coefficient (Wildman–Crippen LogP) is 3.32. The van der Waals surface area contributed by atoms with Crippen molar-refractivity contribution in [1.29, 1.82) is 0 Å². The van der Waals surface area contributed by atoms with Gasteiger partial charge in [-0.25, -0.2) is 4.98 Å². The number of carbonyl (C=O) groups is 1. The summed E-state index contributed by atoms with van der Waals surface area (Å²) in [6, 6.07) is 10.1. The van der Waals surface area contributed by atoms with Gasteiger partial charge in [0, 0.05) is 12.1 Å². The van der Waals surface area contributed by atoms with E-state index in [0.29, 0.717) is 17.7 Å². The Morgan fingerprint density at radius 2 is 2.09 bits per heavy atom. The summed E-state index contributed by atoms with van der Waals surface area (Å²) in [5, 5.41) is 6.72. The third kappa shape index (κ3) is 2.72. The van der Waals surface area contributed by atoms with Crippen LogP contribution in [0.5, 0.6) is 0 Å². The molecule has 1 aliphatic carbocycles. The van der Waals surface area contributed by atoms with Gasteiger partial charge in [0.25, 0.3) is 0 Å². The Morgan fingerprint density at radius 3 is 2.87 bits per heavy atom. The Morgan fingerprint density at radius 1 is 1.26 bits per heavy atom. The summed E-state index contributed by atoms with van der Waals surface area (Å²) in [6.45, 7) is 0. The molecule has 0 bridgehead atoms. The smallest absolute Gasteiger partial charge is 0.232 e. The van der Waals surface area contributed by atoms with Crippen molar-refractivity contribution in [3.05, 3.63) is 42.3 Å². The fraction of sp³-hybridized carbons (Fsp3) is 0.353. The molecule has 1 N–H and O–H groups in total. The van der Waals surface area contributed by atoms with Gasteiger partial charge in [-0.1, -0.05) is 30.1 Å². The minimum Gasteiger partial charge on any atom is -0.364 e. The summed E-state index contributed by atoms with van der Waals surface area (Å²) in [7, 11) is 0. The number of imidazole rings is 1. The standard InChI is InChI=1S/C17H18N4O2/c22-16(11-12-9-10-23-20-12)19-17-18-14-7-3-4-8-15(14)21(17)13-5-1-2-6-13/h3-4,7-10,13H,1-2,5-6,11H2,(H,18,19,22). The van der Waals surface area contributed by atoms with E-state index in [1.165, 1.54) is 19.1 Å². The maximum atomic E-state index is 12.3. The normalized spacial score (nSPS) is 15.3. The molecule has 118 valence electrons. The summed E-state index contributed by atoms with van der Waals surface area (Å²) < 4.78 is 6.95. The van der Waals surface area contributed by atoms with Gasteiger partial charge in [-0.3, -0.25) is 10.1 Å². The van der Waals surface area contributed by atoms with Crippen molar-refractivity contribution < 1.29 is 9.32 Å². The van der Waals surface area contributed by atoms with Crippen LogP contribution in [0.4, 0.5) is 5.95 Å². The molecule has 0 aliphatic heterocycles. The number of rotatable bonds is 4. The van der Waals surface area contributed by atoms with Crippen LogP contribution in [-0.4, -0.2) is 20.6 Å². The lowest BCUT2D eigenvalue weighted by molar-refractivity contribution is -0.115. The van der Waals surface area contributed by atoms with Gasteiger partial charge in [-0.2, -0.15) is 0 Å². The Bertz CT molecular complexity index is 816. The molecule has 6 nitrogen and oxygen atoms in total. The van der Waals surface area contributed by atoms with Gasteiger partial charge in [0.15, 0.2) is 0 Å². The van der Waals surface area contributed by atoms with Gasteiger partial charge in [0.05, 0.1) is 23.1 Å². The van der Waals surface area contributed by atoms with Crippen LogP contribution in [0, 0.1) is 0 Å². The second-order valence-electron chi connectivity index (χ2n) is 5.95. The number of hydrogen-bond donors (Lipinski definition) is 1. The highest BCUT2D eigenvalue weighted by Crippen LogP contribution is 2.35. The molecule has 2 heterocycles. The molecule has 1 aliphatic rings. The van der Waals surface area contributed by atoms with Crippen LogP contribution in [0.1, 0.15) is 37.4 Å². The number of fused-ring (bicyclic) bond motifs is 1. The maximum Gasteiger partial charge on any atom is 0.232 e. The highest BCUT2D eigenvalue weighted by molar-refractivity contribution is 5.92. The molecule has 6 heteroatoms. The number of carbonyl (C=O) groups excluding carboxylic acids is 1. The van der Waals surface area contributed by atoms with Crippen molar-refractivity contribution in [2.24, 2.45) is 0 Å². The van der Waals surface area contributed by atoms with Crippen molar-refractivity contribution in [3.63, 3.8) is 0 Å². The van der Waals surface area contributed by atoms with Crippen LogP contribution in [0.3, 0.4) is 0 Å². The lowest BCUT2D eigenvalue weighted by atomic mass is 10.2. The first-order valence-corrected chi connectivity index (χ1v) is 7.97. The van der Waals surface area contributed by atoms with Crippen molar-refractivity contribution in [1.82, 2.24) is 14.7 Å². The highest BCUT2D eigenvalue weighted by Gasteiger charge is 2.23. The Labute approximate surface area is 133 Å². The summed E-state index contributed by atoms with van der Waals surface area (Å²) >= 11 is 0. The molecule has 0 radical (unpaired) electrons. The number of aromatic nitrogens is 3. The first-order chi connectivity index (χ1) is 11.3. The van der Waals surface area contributed by atoms with E-state index in [1.807, 2.05) is 18.2 Å². The van der Waals surface area contributed by atoms with E-state index >= 15 is 0 Å². The van der Waals surface area contributed by atoms with Crippen molar-refractivity contribution >= 4 is 22.9 Å². The van der Waals surface area contributed by atoms with E-state index in [4.69, 9.17) is 4.52 Å². The molecule has 2 aromatic heterocycles. The van der Waals surface area contributed by atoms with Crippen LogP contribution < -0.4 is 5.32 Å². The van der Waals surface area contributed by atoms with E-state index in [1.54, 1.807) is 6.07 Å². The van der Waals surface area contributed by atoms with Crippen molar-refractivity contribution in [2.75, 3.05) is 5.32 Å². The van der Waals surface area contributed by atoms with E-state index in [-0.39, 0.29) is 12.3 Å². The van der Waals surface area contributed by atoms with E-state index < -0.39 is 0 Å². The number of hydrogen-bond acceptors (Lipinski definition) is 4. The van der Waals surface area contributed by atoms with Crippen molar-refractivity contribution in [2.45, 2.75) is 38.1 Å². The maximum absolute atomic E-state index is 12.3. The molecule has 1 amide bonds. The number of nitrogens with one attached hydrogen (secondary N) is 1. The summed E-state index contributed by atoms with van der Waals surface area (Å²) in [5.74, 6) is 0.500. The first kappa shape index (κ1) is 14.0. The lowest BCUT2D eigenvalue weighted by Gasteiger charge is -2.16. The van der Waals surface area contributed by atoms with Gasteiger partial charge in [0.2, 0.25) is 11.9 Å². The lowest BCUT2D eigenvalue weighted by Crippen LogP contribution is -2.19. The zero-order valence-electron chi connectivity index (χ0n) is 12.7. The number of amides is 1. The average molecular weight is 310 g/mol. The SMILES string of the molecule is O=C(Cc1ccon1)Nc1nc2ccccc2n1C1CCCC1. The zero-order chi connectivity index (χ0) is 15.6. The molecule has 0 saturated heterocycles. The summed E-state index contributed by atoms with van der Waals surface area (Å²) in [6.07, 6.45) is 6.37. The highest BCUT2D eigenvalue weighted by atomic mass is 16.5. The molecular formula is C17H18N4O2. The molecule has 23 heavy (non-hydrogen) atoms. The summed E-state index contributed by atoms with van der Waals surface area (Å²) in [4.78, 5) is 16.9. The van der Waals surface area contributed by atoms with Gasteiger partial charge < -0.3 is 9.09 Å². The number of para-hydroxylation sites is 2. The Hall–Kier alpha value is -2.63. The molecule has 1 aromatic carbocycles. The fourth-order valence-electron chi connectivity index (χ4n) is 3.33. The molecule has 0 spiro atoms. The minimum atomic E-state index is -0.131. The number of nitrogens with zero attached hydrogens (tertiary/aromatic N) is 3. The Kier molecular flexibility index (Phi) is 3.57. The van der Waals surface area contributed by atoms with E-state index in [0.717, 1.165) is 23.9 Å². The monoisotopic (exact) mass is 310 g/mol. The molecule has 0 unspecified atom stereocenters. The van der Waals surface area contributed by atoms with Crippen LogP contribution in [0.2, 0.25) is 0 Å². The second-order valence-corrected chi connectivity index (χ2v) is 5.95. The quantitative estimate of drug-likeness (QED) is 0.802. The molecule has 1 saturated carbocycles. The zero-order valence-corrected chi connectivity index (χ0v) is 12.7. The van der Waals surface area contributed by atoms with Crippen LogP contribution in [0.25, 0.3) is 11.0 Å². The largest absolute Gasteiger partial charge is 0.364 e. The minimum absolute atomic E-state index is 0.131. The molecule has 1 fully saturated rings. The molecule has 4 rings (SSSR count). The van der Waals surface area contributed by atoms with E-state index in [9.17, 15) is 4.79 Å². The predicted molar refractivity (Wildman–Crippen MR) is 86.1 cm³/mol. The van der Waals surface area contributed by atoms with Gasteiger partial charge >= 0.3 is 0 Å². The topological polar surface area (TPSA) is 73.0 Å². The van der Waals surface area contributed by atoms with Crippen LogP contribution >= 0.6 is 0 Å². The summed E-state index contributed by atoms with van der Waals surface area (Å²) in [5.41, 5.74) is 2.61. The Balaban J connectivity index is 1.65. The average Bonchev–Trinajstić information content (AvgIpc) is 3.26. The van der Waals surface area contributed by atoms with Crippen LogP contribution in [-0.2, 0) is 11.2 Å². The van der Waals surface area contributed by atoms with Crippen molar-refractivity contribution in [3.8, 4) is 0 Å². The van der Waals surface area contributed by atoms with Crippen LogP contribution in [0.15, 0.2) is 41.1 Å². The molecular weight excluding hydrogens is 292 g/mol. The first-order valence-electron chi connectivity index (χ1n) is 7.97. The number of benzene rings is 1. The second kappa shape index (κ2) is 5.87. The fourth-order valence-corrected chi connectivity index (χ4v) is 3.33. The third-order valence-electron chi connectivity index (χ3n) is 4.37. The molecule has 0 atom stereocenters. The third-order valence-corrected chi connectivity index (χ3v) is 4.37. The number of anilines is 1. The van der Waals surface area contributed by atoms with Gasteiger partial charge in [-0.05, 0) is 25.0 Å². The van der Waals surface area contributed by atoms with Gasteiger partial charge in [0.1, 0.15) is 6.26 Å². The molecule has 3 aromatic rings. The van der Waals surface area contributed by atoms with E-state index in [2.05, 4.69) is 26.1 Å².